The summed E-state index contributed by atoms with van der Waals surface area (Å²) in [5.41, 5.74) is 6.89. The largest absolute Gasteiger partial charge is 0.380 e. The fraction of sp³-hybridized carbons (Fsp3) is 0.750. The van der Waals surface area contributed by atoms with Crippen LogP contribution in [0.1, 0.15) is 37.3 Å². The van der Waals surface area contributed by atoms with Gasteiger partial charge in [-0.2, -0.15) is 0 Å². The third kappa shape index (κ3) is 3.66. The zero-order chi connectivity index (χ0) is 13.0. The molecular formula is C12H23N3OS. The smallest absolute Gasteiger partial charge is 0.185 e. The van der Waals surface area contributed by atoms with Gasteiger partial charge in [-0.3, -0.25) is 0 Å². The van der Waals surface area contributed by atoms with Crippen LogP contribution in [-0.4, -0.2) is 31.8 Å². The Morgan fingerprint density at radius 2 is 2.06 bits per heavy atom. The molecule has 2 N–H and O–H groups in total. The van der Waals surface area contributed by atoms with E-state index in [0.29, 0.717) is 12.5 Å². The van der Waals surface area contributed by atoms with Crippen LogP contribution in [0.15, 0.2) is 0 Å². The van der Waals surface area contributed by atoms with Crippen LogP contribution in [0.4, 0.5) is 5.13 Å². The van der Waals surface area contributed by atoms with Gasteiger partial charge in [0.25, 0.3) is 0 Å². The van der Waals surface area contributed by atoms with Crippen LogP contribution in [0.5, 0.6) is 0 Å². The second kappa shape index (κ2) is 6.33. The van der Waals surface area contributed by atoms with E-state index in [-0.39, 0.29) is 6.10 Å². The van der Waals surface area contributed by atoms with Crippen molar-refractivity contribution >= 4 is 16.5 Å². The van der Waals surface area contributed by atoms with Crippen LogP contribution < -0.4 is 10.6 Å². The number of nitrogens with zero attached hydrogens (tertiary/aromatic N) is 2. The minimum Gasteiger partial charge on any atom is -0.380 e. The summed E-state index contributed by atoms with van der Waals surface area (Å²) in [6.07, 6.45) is 0.202. The van der Waals surface area contributed by atoms with E-state index in [1.165, 1.54) is 4.88 Å². The lowest BCUT2D eigenvalue weighted by atomic mass is 10.1. The fourth-order valence-electron chi connectivity index (χ4n) is 1.65. The van der Waals surface area contributed by atoms with Crippen LogP contribution in [0.2, 0.25) is 0 Å². The van der Waals surface area contributed by atoms with Gasteiger partial charge in [-0.1, -0.05) is 13.8 Å². The molecule has 1 aromatic rings. The van der Waals surface area contributed by atoms with E-state index in [9.17, 15) is 0 Å². The Hall–Kier alpha value is -0.650. The third-order valence-electron chi connectivity index (χ3n) is 2.71. The second-order valence-corrected chi connectivity index (χ2v) is 5.65. The first-order valence-corrected chi connectivity index (χ1v) is 6.74. The van der Waals surface area contributed by atoms with Crippen molar-refractivity contribution in [2.75, 3.05) is 25.6 Å². The first-order valence-electron chi connectivity index (χ1n) is 5.93. The number of rotatable bonds is 6. The number of methoxy groups -OCH3 is 1. The van der Waals surface area contributed by atoms with Gasteiger partial charge in [0.15, 0.2) is 5.13 Å². The Kier molecular flexibility index (Phi) is 5.36. The normalized spacial score (nSPS) is 13.1. The molecule has 0 aromatic carbocycles. The molecule has 1 rings (SSSR count). The average molecular weight is 257 g/mol. The molecule has 4 nitrogen and oxygen atoms in total. The number of aromatic nitrogens is 1. The molecular weight excluding hydrogens is 234 g/mol. The lowest BCUT2D eigenvalue weighted by Crippen LogP contribution is -2.28. The van der Waals surface area contributed by atoms with Gasteiger partial charge in [0.1, 0.15) is 0 Å². The molecule has 0 radical (unpaired) electrons. The number of thiazole rings is 1. The van der Waals surface area contributed by atoms with Crippen LogP contribution in [0.25, 0.3) is 0 Å². The number of ether oxygens (including phenoxy) is 1. The summed E-state index contributed by atoms with van der Waals surface area (Å²) in [7, 11) is 3.77. The van der Waals surface area contributed by atoms with E-state index in [1.807, 2.05) is 7.05 Å². The fourth-order valence-corrected chi connectivity index (χ4v) is 2.71. The topological polar surface area (TPSA) is 51.4 Å². The molecule has 0 amide bonds. The Labute approximate surface area is 108 Å². The second-order valence-electron chi connectivity index (χ2n) is 4.59. The highest BCUT2D eigenvalue weighted by molar-refractivity contribution is 7.15. The molecule has 0 fully saturated rings. The van der Waals surface area contributed by atoms with E-state index < -0.39 is 0 Å². The molecule has 1 unspecified atom stereocenters. The average Bonchev–Trinajstić information content (AvgIpc) is 2.72. The predicted molar refractivity (Wildman–Crippen MR) is 73.8 cm³/mol. The van der Waals surface area contributed by atoms with Crippen molar-refractivity contribution in [3.63, 3.8) is 0 Å². The molecule has 0 aliphatic heterocycles. The van der Waals surface area contributed by atoms with Gasteiger partial charge in [0.05, 0.1) is 11.8 Å². The zero-order valence-corrected chi connectivity index (χ0v) is 12.2. The van der Waals surface area contributed by atoms with E-state index >= 15 is 0 Å². The lowest BCUT2D eigenvalue weighted by molar-refractivity contribution is 0.124. The van der Waals surface area contributed by atoms with Gasteiger partial charge in [0, 0.05) is 32.1 Å². The summed E-state index contributed by atoms with van der Waals surface area (Å²) in [6.45, 7) is 7.76. The van der Waals surface area contributed by atoms with Crippen LogP contribution >= 0.6 is 11.3 Å². The minimum atomic E-state index is 0.202. The molecule has 0 aliphatic carbocycles. The molecule has 1 heterocycles. The van der Waals surface area contributed by atoms with E-state index in [2.05, 4.69) is 30.7 Å². The zero-order valence-electron chi connectivity index (χ0n) is 11.4. The molecule has 0 bridgehead atoms. The first-order chi connectivity index (χ1) is 7.99. The Bertz CT molecular complexity index is 352. The molecule has 17 heavy (non-hydrogen) atoms. The molecule has 0 spiro atoms. The SMILES string of the molecule is COC(C)CN(C)c1nc(C(C)C)c(CN)s1. The van der Waals surface area contributed by atoms with E-state index in [4.69, 9.17) is 10.5 Å². The van der Waals surface area contributed by atoms with Crippen LogP contribution in [-0.2, 0) is 11.3 Å². The van der Waals surface area contributed by atoms with Gasteiger partial charge >= 0.3 is 0 Å². The summed E-state index contributed by atoms with van der Waals surface area (Å²) < 4.78 is 5.26. The van der Waals surface area contributed by atoms with Gasteiger partial charge in [-0.25, -0.2) is 4.98 Å². The highest BCUT2D eigenvalue weighted by Crippen LogP contribution is 2.29. The highest BCUT2D eigenvalue weighted by atomic mass is 32.1. The van der Waals surface area contributed by atoms with Crippen molar-refractivity contribution in [1.29, 1.82) is 0 Å². The molecule has 0 aliphatic rings. The van der Waals surface area contributed by atoms with Gasteiger partial charge in [0.2, 0.25) is 0 Å². The summed E-state index contributed by atoms with van der Waals surface area (Å²) in [4.78, 5) is 7.99. The monoisotopic (exact) mass is 257 g/mol. The Balaban J connectivity index is 2.84. The number of likely N-dealkylation sites (N-methyl/N-ethyl adjacent to an activating group) is 1. The van der Waals surface area contributed by atoms with Crippen molar-refractivity contribution in [3.05, 3.63) is 10.6 Å². The molecule has 0 saturated carbocycles. The number of anilines is 1. The lowest BCUT2D eigenvalue weighted by Gasteiger charge is -2.19. The van der Waals surface area contributed by atoms with Crippen LogP contribution in [0.3, 0.4) is 0 Å². The third-order valence-corrected chi connectivity index (χ3v) is 3.92. The van der Waals surface area contributed by atoms with Gasteiger partial charge < -0.3 is 15.4 Å². The van der Waals surface area contributed by atoms with Crippen molar-refractivity contribution in [3.8, 4) is 0 Å². The van der Waals surface area contributed by atoms with Crippen molar-refractivity contribution in [1.82, 2.24) is 4.98 Å². The summed E-state index contributed by atoms with van der Waals surface area (Å²) >= 11 is 1.68. The predicted octanol–water partition coefficient (Wildman–Crippen LogP) is 2.20. The molecule has 0 saturated heterocycles. The van der Waals surface area contributed by atoms with Crippen molar-refractivity contribution in [2.24, 2.45) is 5.73 Å². The maximum absolute atomic E-state index is 5.76. The Morgan fingerprint density at radius 3 is 2.47 bits per heavy atom. The number of nitrogens with two attached hydrogens (primary N) is 1. The quantitative estimate of drug-likeness (QED) is 0.849. The van der Waals surface area contributed by atoms with Crippen molar-refractivity contribution in [2.45, 2.75) is 39.3 Å². The van der Waals surface area contributed by atoms with Crippen LogP contribution in [0, 0.1) is 0 Å². The summed E-state index contributed by atoms with van der Waals surface area (Å²) in [5, 5.41) is 1.03. The highest BCUT2D eigenvalue weighted by Gasteiger charge is 2.16. The number of hydrogen-bond donors (Lipinski definition) is 1. The van der Waals surface area contributed by atoms with Gasteiger partial charge in [-0.05, 0) is 12.8 Å². The standard InChI is InChI=1S/C12H23N3OS/c1-8(2)11-10(6-13)17-12(14-11)15(4)7-9(3)16-5/h8-9H,6-7,13H2,1-5H3. The molecule has 1 aromatic heterocycles. The Morgan fingerprint density at radius 1 is 1.41 bits per heavy atom. The first kappa shape index (κ1) is 14.4. The summed E-state index contributed by atoms with van der Waals surface area (Å²) in [5.74, 6) is 0.423. The minimum absolute atomic E-state index is 0.202. The van der Waals surface area contributed by atoms with Crippen molar-refractivity contribution < 1.29 is 4.74 Å². The maximum atomic E-state index is 5.76. The maximum Gasteiger partial charge on any atom is 0.185 e. The van der Waals surface area contributed by atoms with E-state index in [0.717, 1.165) is 17.4 Å². The molecule has 5 heteroatoms. The molecule has 98 valence electrons. The molecule has 1 atom stereocenters. The van der Waals surface area contributed by atoms with Gasteiger partial charge in [-0.15, -0.1) is 11.3 Å². The van der Waals surface area contributed by atoms with E-state index in [1.54, 1.807) is 18.4 Å². The number of hydrogen-bond acceptors (Lipinski definition) is 5. The summed E-state index contributed by atoms with van der Waals surface area (Å²) in [6, 6.07) is 0.